The SMILES string of the molecule is Cn1ncnc1CCNC(=O)CN1CCC[C@H](O)C1. The van der Waals surface area contributed by atoms with Crippen molar-refractivity contribution in [2.24, 2.45) is 7.05 Å². The largest absolute Gasteiger partial charge is 0.392 e. The number of hydrogen-bond acceptors (Lipinski definition) is 5. The summed E-state index contributed by atoms with van der Waals surface area (Å²) >= 11 is 0. The second-order valence-corrected chi connectivity index (χ2v) is 4.93. The van der Waals surface area contributed by atoms with Crippen molar-refractivity contribution in [3.8, 4) is 0 Å². The van der Waals surface area contributed by atoms with Crippen LogP contribution in [0.4, 0.5) is 0 Å². The lowest BCUT2D eigenvalue weighted by atomic mass is 10.1. The van der Waals surface area contributed by atoms with E-state index in [1.54, 1.807) is 4.68 Å². The molecule has 19 heavy (non-hydrogen) atoms. The summed E-state index contributed by atoms with van der Waals surface area (Å²) in [5, 5.41) is 16.4. The van der Waals surface area contributed by atoms with Crippen molar-refractivity contribution in [3.63, 3.8) is 0 Å². The molecule has 0 radical (unpaired) electrons. The third-order valence-corrected chi connectivity index (χ3v) is 3.32. The molecule has 0 aliphatic carbocycles. The zero-order chi connectivity index (χ0) is 13.7. The maximum absolute atomic E-state index is 11.8. The van der Waals surface area contributed by atoms with Crippen LogP contribution in [0.15, 0.2) is 6.33 Å². The number of likely N-dealkylation sites (tertiary alicyclic amines) is 1. The molecule has 1 aromatic rings. The number of amides is 1. The first-order chi connectivity index (χ1) is 9.15. The standard InChI is InChI=1S/C12H21N5O2/c1-16-11(14-9-15-16)4-5-13-12(19)8-17-6-2-3-10(18)7-17/h9-10,18H,2-8H2,1H3,(H,13,19)/t10-/m0/s1. The summed E-state index contributed by atoms with van der Waals surface area (Å²) in [5.41, 5.74) is 0. The molecule has 0 spiro atoms. The van der Waals surface area contributed by atoms with Gasteiger partial charge in [0, 0.05) is 26.6 Å². The minimum Gasteiger partial charge on any atom is -0.392 e. The zero-order valence-corrected chi connectivity index (χ0v) is 11.2. The second-order valence-electron chi connectivity index (χ2n) is 4.93. The maximum atomic E-state index is 11.8. The van der Waals surface area contributed by atoms with E-state index in [4.69, 9.17) is 0 Å². The Kier molecular flexibility index (Phi) is 4.86. The number of β-amino-alcohol motifs (C(OH)–C–C–N with tert-alkyl or cyclic N) is 1. The van der Waals surface area contributed by atoms with Gasteiger partial charge in [0.25, 0.3) is 0 Å². The molecular formula is C12H21N5O2. The van der Waals surface area contributed by atoms with Gasteiger partial charge in [-0.1, -0.05) is 0 Å². The summed E-state index contributed by atoms with van der Waals surface area (Å²) in [6.45, 7) is 2.39. The lowest BCUT2D eigenvalue weighted by Gasteiger charge is -2.29. The van der Waals surface area contributed by atoms with E-state index < -0.39 is 0 Å². The number of carbonyl (C=O) groups excluding carboxylic acids is 1. The van der Waals surface area contributed by atoms with E-state index in [1.165, 1.54) is 6.33 Å². The van der Waals surface area contributed by atoms with Crippen LogP contribution in [0.1, 0.15) is 18.7 Å². The average molecular weight is 267 g/mol. The van der Waals surface area contributed by atoms with Crippen LogP contribution in [0.5, 0.6) is 0 Å². The molecule has 1 aromatic heterocycles. The van der Waals surface area contributed by atoms with Crippen molar-refractivity contribution in [1.82, 2.24) is 25.0 Å². The van der Waals surface area contributed by atoms with Gasteiger partial charge >= 0.3 is 0 Å². The molecule has 0 aromatic carbocycles. The van der Waals surface area contributed by atoms with Crippen molar-refractivity contribution in [2.75, 3.05) is 26.2 Å². The van der Waals surface area contributed by atoms with E-state index in [0.717, 1.165) is 25.2 Å². The van der Waals surface area contributed by atoms with Crippen LogP contribution in [0.2, 0.25) is 0 Å². The first kappa shape index (κ1) is 14.0. The number of rotatable bonds is 5. The van der Waals surface area contributed by atoms with Crippen molar-refractivity contribution >= 4 is 5.91 Å². The molecule has 106 valence electrons. The fraction of sp³-hybridized carbons (Fsp3) is 0.750. The van der Waals surface area contributed by atoms with Crippen LogP contribution < -0.4 is 5.32 Å². The van der Waals surface area contributed by atoms with Crippen LogP contribution in [0.3, 0.4) is 0 Å². The molecule has 0 saturated carbocycles. The Morgan fingerprint density at radius 1 is 1.63 bits per heavy atom. The highest BCUT2D eigenvalue weighted by molar-refractivity contribution is 5.78. The number of carbonyl (C=O) groups is 1. The van der Waals surface area contributed by atoms with E-state index >= 15 is 0 Å². The Balaban J connectivity index is 1.66. The van der Waals surface area contributed by atoms with E-state index in [0.29, 0.717) is 26.1 Å². The minimum absolute atomic E-state index is 0.00346. The predicted molar refractivity (Wildman–Crippen MR) is 69.4 cm³/mol. The fourth-order valence-electron chi connectivity index (χ4n) is 2.29. The molecule has 7 nitrogen and oxygen atoms in total. The van der Waals surface area contributed by atoms with Crippen LogP contribution in [-0.4, -0.2) is 63.0 Å². The van der Waals surface area contributed by atoms with Gasteiger partial charge in [-0.15, -0.1) is 0 Å². The predicted octanol–water partition coefficient (Wildman–Crippen LogP) is -1.07. The van der Waals surface area contributed by atoms with Gasteiger partial charge in [-0.25, -0.2) is 4.98 Å². The van der Waals surface area contributed by atoms with E-state index in [9.17, 15) is 9.90 Å². The summed E-state index contributed by atoms with van der Waals surface area (Å²) in [5.74, 6) is 0.852. The topological polar surface area (TPSA) is 83.3 Å². The molecule has 2 heterocycles. The smallest absolute Gasteiger partial charge is 0.234 e. The van der Waals surface area contributed by atoms with Crippen LogP contribution in [0, 0.1) is 0 Å². The van der Waals surface area contributed by atoms with Crippen molar-refractivity contribution in [3.05, 3.63) is 12.2 Å². The number of aliphatic hydroxyl groups is 1. The molecule has 1 amide bonds. The molecule has 2 N–H and O–H groups in total. The molecule has 1 aliphatic rings. The molecular weight excluding hydrogens is 246 g/mol. The van der Waals surface area contributed by atoms with Crippen molar-refractivity contribution in [2.45, 2.75) is 25.4 Å². The van der Waals surface area contributed by atoms with Gasteiger partial charge in [0.1, 0.15) is 12.2 Å². The molecule has 1 saturated heterocycles. The van der Waals surface area contributed by atoms with E-state index in [2.05, 4.69) is 15.4 Å². The summed E-state index contributed by atoms with van der Waals surface area (Å²) in [4.78, 5) is 17.8. The van der Waals surface area contributed by atoms with E-state index in [-0.39, 0.29) is 12.0 Å². The number of aromatic nitrogens is 3. The van der Waals surface area contributed by atoms with E-state index in [1.807, 2.05) is 11.9 Å². The number of hydrogen-bond donors (Lipinski definition) is 2. The molecule has 7 heteroatoms. The fourth-order valence-corrected chi connectivity index (χ4v) is 2.29. The summed E-state index contributed by atoms with van der Waals surface area (Å²) in [7, 11) is 1.83. The third kappa shape index (κ3) is 4.29. The number of piperidine rings is 1. The Morgan fingerprint density at radius 2 is 2.47 bits per heavy atom. The van der Waals surface area contributed by atoms with Gasteiger partial charge in [-0.05, 0) is 19.4 Å². The molecule has 1 fully saturated rings. The third-order valence-electron chi connectivity index (χ3n) is 3.32. The highest BCUT2D eigenvalue weighted by atomic mass is 16.3. The van der Waals surface area contributed by atoms with Gasteiger partial charge < -0.3 is 10.4 Å². The molecule has 1 atom stereocenters. The van der Waals surface area contributed by atoms with Crippen LogP contribution in [-0.2, 0) is 18.3 Å². The Labute approximate surface area is 112 Å². The lowest BCUT2D eigenvalue weighted by molar-refractivity contribution is -0.122. The number of aryl methyl sites for hydroxylation is 1. The summed E-state index contributed by atoms with van der Waals surface area (Å²) < 4.78 is 1.70. The highest BCUT2D eigenvalue weighted by Gasteiger charge is 2.19. The average Bonchev–Trinajstić information content (AvgIpc) is 2.75. The van der Waals surface area contributed by atoms with Gasteiger partial charge in [0.2, 0.25) is 5.91 Å². The van der Waals surface area contributed by atoms with Crippen LogP contribution >= 0.6 is 0 Å². The molecule has 2 rings (SSSR count). The highest BCUT2D eigenvalue weighted by Crippen LogP contribution is 2.08. The van der Waals surface area contributed by atoms with Crippen molar-refractivity contribution in [1.29, 1.82) is 0 Å². The Bertz CT molecular complexity index is 420. The molecule has 0 bridgehead atoms. The van der Waals surface area contributed by atoms with Gasteiger partial charge in [0.05, 0.1) is 12.6 Å². The second kappa shape index (κ2) is 6.63. The maximum Gasteiger partial charge on any atom is 0.234 e. The van der Waals surface area contributed by atoms with Crippen molar-refractivity contribution < 1.29 is 9.90 Å². The normalized spacial score (nSPS) is 20.4. The quantitative estimate of drug-likeness (QED) is 0.710. The Morgan fingerprint density at radius 3 is 3.16 bits per heavy atom. The monoisotopic (exact) mass is 267 g/mol. The van der Waals surface area contributed by atoms with Gasteiger partial charge in [0.15, 0.2) is 0 Å². The molecule has 0 unspecified atom stereocenters. The van der Waals surface area contributed by atoms with Crippen LogP contribution in [0.25, 0.3) is 0 Å². The minimum atomic E-state index is -0.291. The molecule has 1 aliphatic heterocycles. The lowest BCUT2D eigenvalue weighted by Crippen LogP contribution is -2.44. The summed E-state index contributed by atoms with van der Waals surface area (Å²) in [6, 6.07) is 0. The number of nitrogens with zero attached hydrogens (tertiary/aromatic N) is 4. The van der Waals surface area contributed by atoms with Gasteiger partial charge in [-0.2, -0.15) is 5.10 Å². The van der Waals surface area contributed by atoms with Gasteiger partial charge in [-0.3, -0.25) is 14.4 Å². The number of aliphatic hydroxyl groups excluding tert-OH is 1. The summed E-state index contributed by atoms with van der Waals surface area (Å²) in [6.07, 6.45) is 3.68. The first-order valence-electron chi connectivity index (χ1n) is 6.65. The number of nitrogens with one attached hydrogen (secondary N) is 1. The zero-order valence-electron chi connectivity index (χ0n) is 11.2. The Hall–Kier alpha value is -1.47. The first-order valence-corrected chi connectivity index (χ1v) is 6.65.